The van der Waals surface area contributed by atoms with Crippen LogP contribution in [0.4, 0.5) is 0 Å². The molecule has 4 atom stereocenters. The van der Waals surface area contributed by atoms with Gasteiger partial charge in [0.25, 0.3) is 0 Å². The van der Waals surface area contributed by atoms with E-state index in [0.717, 1.165) is 15.6 Å². The zero-order valence-corrected chi connectivity index (χ0v) is 24.5. The molecule has 9 nitrogen and oxygen atoms in total. The van der Waals surface area contributed by atoms with Crippen molar-refractivity contribution in [3.8, 4) is 28.7 Å². The molecule has 38 heavy (non-hydrogen) atoms. The molecule has 1 amide bonds. The molecule has 2 bridgehead atoms. The summed E-state index contributed by atoms with van der Waals surface area (Å²) in [6.45, 7) is 5.66. The van der Waals surface area contributed by atoms with E-state index in [4.69, 9.17) is 18.9 Å². The summed E-state index contributed by atoms with van der Waals surface area (Å²) in [5, 5.41) is 11.5. The molecule has 10 heteroatoms. The van der Waals surface area contributed by atoms with E-state index < -0.39 is 24.2 Å². The van der Waals surface area contributed by atoms with Gasteiger partial charge in [0.15, 0.2) is 28.8 Å². The lowest BCUT2D eigenvalue weighted by Crippen LogP contribution is -2.68. The van der Waals surface area contributed by atoms with Crippen LogP contribution in [0.25, 0.3) is 0 Å². The van der Waals surface area contributed by atoms with E-state index in [9.17, 15) is 14.7 Å². The van der Waals surface area contributed by atoms with E-state index >= 15 is 0 Å². The molecule has 1 fully saturated rings. The summed E-state index contributed by atoms with van der Waals surface area (Å²) < 4.78 is 23.7. The smallest absolute Gasteiger partial charge is 0.241 e. The number of ketones is 1. The Kier molecular flexibility index (Phi) is 6.54. The van der Waals surface area contributed by atoms with Crippen LogP contribution >= 0.6 is 15.9 Å². The van der Waals surface area contributed by atoms with Gasteiger partial charge in [-0.15, -0.1) is 0 Å². The van der Waals surface area contributed by atoms with Crippen molar-refractivity contribution in [1.82, 2.24) is 9.80 Å². The maximum absolute atomic E-state index is 14.6. The van der Waals surface area contributed by atoms with Crippen LogP contribution in [0.2, 0.25) is 0 Å². The van der Waals surface area contributed by atoms with Crippen molar-refractivity contribution in [3.63, 3.8) is 0 Å². The number of carbonyl (C=O) groups excluding carboxylic acids is 2. The molecule has 0 saturated carbocycles. The SMILES string of the molecule is CC[C@H]1c2c(OC)c(OC)c(C)c(OC)c2C(=O)C2C3c4c(O)c(OC)c(C)c(Br)c4C[C@@H](C(=O)N21)N3C. The van der Waals surface area contributed by atoms with E-state index in [1.807, 2.05) is 32.7 Å². The third-order valence-electron chi connectivity index (χ3n) is 8.51. The zero-order valence-electron chi connectivity index (χ0n) is 22.9. The standard InChI is InChI=1S/C28H33BrN2O7/c1-9-14-17-18(24(35-5)12(3)26(37-7)27(17)38-8)22(32)21-20-16-13(10-15(30(20)4)28(34)31(14)21)19(29)11(2)25(36-6)23(16)33/h14-15,20-21,33H,9-10H2,1-8H3/t14-,15-,20?,21?/m0/s1. The number of nitrogens with zero attached hydrogens (tertiary/aromatic N) is 2. The van der Waals surface area contributed by atoms with Crippen LogP contribution in [0, 0.1) is 13.8 Å². The lowest BCUT2D eigenvalue weighted by molar-refractivity contribution is -0.153. The van der Waals surface area contributed by atoms with E-state index in [0.29, 0.717) is 58.1 Å². The zero-order chi connectivity index (χ0) is 27.8. The molecule has 3 aliphatic rings. The number of benzene rings is 2. The minimum absolute atomic E-state index is 0.00472. The van der Waals surface area contributed by atoms with E-state index in [2.05, 4.69) is 15.9 Å². The second-order valence-corrected chi connectivity index (χ2v) is 10.8. The Morgan fingerprint density at radius 1 is 0.895 bits per heavy atom. The van der Waals surface area contributed by atoms with Crippen molar-refractivity contribution < 1.29 is 33.6 Å². The average Bonchev–Trinajstić information content (AvgIpc) is 2.90. The Morgan fingerprint density at radius 3 is 2.05 bits per heavy atom. The molecule has 204 valence electrons. The number of halogens is 1. The lowest BCUT2D eigenvalue weighted by Gasteiger charge is -2.56. The first-order valence-corrected chi connectivity index (χ1v) is 13.4. The molecule has 0 aliphatic carbocycles. The first kappa shape index (κ1) is 26.6. The summed E-state index contributed by atoms with van der Waals surface area (Å²) in [7, 11) is 7.96. The van der Waals surface area contributed by atoms with Gasteiger partial charge < -0.3 is 29.0 Å². The van der Waals surface area contributed by atoms with Crippen molar-refractivity contribution in [2.75, 3.05) is 35.5 Å². The third-order valence-corrected chi connectivity index (χ3v) is 9.58. The summed E-state index contributed by atoms with van der Waals surface area (Å²) >= 11 is 3.69. The number of aromatic hydroxyl groups is 1. The number of hydrogen-bond acceptors (Lipinski definition) is 8. The number of fused-ring (bicyclic) bond motifs is 7. The summed E-state index contributed by atoms with van der Waals surface area (Å²) in [5.41, 5.74) is 3.80. The topological polar surface area (TPSA) is 97.8 Å². The van der Waals surface area contributed by atoms with Gasteiger partial charge in [-0.2, -0.15) is 0 Å². The molecular weight excluding hydrogens is 556 g/mol. The number of likely N-dealkylation sites (N-methyl/N-ethyl adjacent to an activating group) is 1. The highest BCUT2D eigenvalue weighted by Gasteiger charge is 2.59. The van der Waals surface area contributed by atoms with Crippen LogP contribution in [-0.2, 0) is 11.2 Å². The number of phenolic OH excluding ortho intramolecular Hbond substituents is 1. The van der Waals surface area contributed by atoms with Crippen molar-refractivity contribution >= 4 is 27.6 Å². The minimum atomic E-state index is -0.892. The highest BCUT2D eigenvalue weighted by Crippen LogP contribution is 2.58. The maximum atomic E-state index is 14.6. The first-order valence-electron chi connectivity index (χ1n) is 12.6. The number of methoxy groups -OCH3 is 4. The second kappa shape index (κ2) is 9.34. The Balaban J connectivity index is 1.86. The Bertz CT molecular complexity index is 1370. The largest absolute Gasteiger partial charge is 0.504 e. The Labute approximate surface area is 230 Å². The highest BCUT2D eigenvalue weighted by molar-refractivity contribution is 9.10. The molecule has 1 saturated heterocycles. The molecule has 1 N–H and O–H groups in total. The maximum Gasteiger partial charge on any atom is 0.241 e. The fourth-order valence-electron chi connectivity index (χ4n) is 6.88. The van der Waals surface area contributed by atoms with E-state index in [-0.39, 0.29) is 17.4 Å². The summed E-state index contributed by atoms with van der Waals surface area (Å²) in [6, 6.07) is -2.45. The van der Waals surface area contributed by atoms with Crippen LogP contribution in [0.15, 0.2) is 4.47 Å². The van der Waals surface area contributed by atoms with Crippen molar-refractivity contribution in [2.24, 2.45) is 0 Å². The van der Waals surface area contributed by atoms with Gasteiger partial charge >= 0.3 is 0 Å². The molecule has 3 aliphatic heterocycles. The van der Waals surface area contributed by atoms with Gasteiger partial charge in [0.1, 0.15) is 11.8 Å². The Morgan fingerprint density at radius 2 is 1.50 bits per heavy atom. The quantitative estimate of drug-likeness (QED) is 0.553. The summed E-state index contributed by atoms with van der Waals surface area (Å²) in [6.07, 6.45) is 0.926. The van der Waals surface area contributed by atoms with Crippen LogP contribution < -0.4 is 18.9 Å². The fourth-order valence-corrected chi connectivity index (χ4v) is 7.44. The molecule has 0 radical (unpaired) electrons. The normalized spacial score (nSPS) is 24.0. The molecule has 0 spiro atoms. The first-order chi connectivity index (χ1) is 18.1. The van der Waals surface area contributed by atoms with Gasteiger partial charge in [0.2, 0.25) is 5.91 Å². The van der Waals surface area contributed by atoms with E-state index in [1.54, 1.807) is 12.0 Å². The number of Topliss-reactive ketones (excluding diaryl/α,β-unsaturated/α-hetero) is 1. The van der Waals surface area contributed by atoms with Gasteiger partial charge in [0, 0.05) is 26.7 Å². The van der Waals surface area contributed by atoms with Gasteiger partial charge in [-0.1, -0.05) is 22.9 Å². The molecule has 2 unspecified atom stereocenters. The number of rotatable bonds is 5. The summed E-state index contributed by atoms with van der Waals surface area (Å²) in [4.78, 5) is 32.5. The van der Waals surface area contributed by atoms with Gasteiger partial charge in [-0.05, 0) is 39.3 Å². The lowest BCUT2D eigenvalue weighted by atomic mass is 9.72. The fraction of sp³-hybridized carbons (Fsp3) is 0.500. The van der Waals surface area contributed by atoms with Crippen LogP contribution in [0.3, 0.4) is 0 Å². The highest BCUT2D eigenvalue weighted by atomic mass is 79.9. The van der Waals surface area contributed by atoms with Crippen molar-refractivity contribution in [3.05, 3.63) is 37.9 Å². The molecule has 2 aromatic carbocycles. The Hall–Kier alpha value is -2.98. The number of carbonyl (C=O) groups is 2. The number of ether oxygens (including phenoxy) is 4. The van der Waals surface area contributed by atoms with Crippen molar-refractivity contribution in [2.45, 2.75) is 57.8 Å². The number of amides is 1. The van der Waals surface area contributed by atoms with Crippen LogP contribution in [0.1, 0.15) is 63.6 Å². The molecular formula is C28H33BrN2O7. The predicted octanol–water partition coefficient (Wildman–Crippen LogP) is 4.26. The predicted molar refractivity (Wildman–Crippen MR) is 144 cm³/mol. The molecule has 5 rings (SSSR count). The van der Waals surface area contributed by atoms with Crippen molar-refractivity contribution in [1.29, 1.82) is 0 Å². The second-order valence-electron chi connectivity index (χ2n) is 10.0. The average molecular weight is 589 g/mol. The van der Waals surface area contributed by atoms with Gasteiger partial charge in [-0.25, -0.2) is 0 Å². The monoisotopic (exact) mass is 588 g/mol. The number of hydrogen-bond donors (Lipinski definition) is 1. The van der Waals surface area contributed by atoms with E-state index in [1.165, 1.54) is 21.3 Å². The van der Waals surface area contributed by atoms with Crippen LogP contribution in [0.5, 0.6) is 28.7 Å². The molecule has 2 aromatic rings. The van der Waals surface area contributed by atoms with Gasteiger partial charge in [-0.3, -0.25) is 14.5 Å². The molecule has 3 heterocycles. The van der Waals surface area contributed by atoms with Gasteiger partial charge in [0.05, 0.1) is 52.1 Å². The summed E-state index contributed by atoms with van der Waals surface area (Å²) in [5.74, 6) is 1.25. The van der Waals surface area contributed by atoms with Crippen LogP contribution in [-0.4, -0.2) is 74.2 Å². The molecule has 0 aromatic heterocycles. The number of phenols is 1. The number of piperazine rings is 1. The minimum Gasteiger partial charge on any atom is -0.504 e. The third kappa shape index (κ3) is 3.19.